The number of carbonyl (C=O) groups excluding carboxylic acids is 13. The first-order chi connectivity index (χ1) is 61.9. The topological polar surface area (TPSA) is 500 Å². The fraction of sp³-hybridized carbons (Fsp3) is 0.582. The smallest absolute Gasteiger partial charge is 0.328 e. The van der Waals surface area contributed by atoms with E-state index in [-0.39, 0.29) is 19.3 Å². The van der Waals surface area contributed by atoms with E-state index >= 15 is 19.2 Å². The molecule has 134 heavy (non-hydrogen) atoms. The van der Waals surface area contributed by atoms with Crippen LogP contribution in [-0.4, -0.2) is 242 Å². The van der Waals surface area contributed by atoms with E-state index < -0.39 is 251 Å². The van der Waals surface area contributed by atoms with E-state index in [4.69, 9.17) is 43.9 Å². The molecule has 1 heterocycles. The number of ether oxygens (including phenoxy) is 7. The lowest BCUT2D eigenvalue weighted by atomic mass is 9.77. The fourth-order valence-electron chi connectivity index (χ4n) is 13.9. The van der Waals surface area contributed by atoms with Crippen LogP contribution in [0, 0.1) is 5.92 Å². The number of aliphatic carboxylic acids is 1. The lowest BCUT2D eigenvalue weighted by Gasteiger charge is -2.37. The van der Waals surface area contributed by atoms with E-state index in [1.165, 1.54) is 20.8 Å². The Bertz CT molecular complexity index is 4640. The van der Waals surface area contributed by atoms with Gasteiger partial charge in [0.2, 0.25) is 65.0 Å². The highest BCUT2D eigenvalue weighted by atomic mass is 16.6. The Kier molecular flexibility index (Phi) is 41.8. The van der Waals surface area contributed by atoms with Gasteiger partial charge in [0.05, 0.1) is 91.1 Å². The highest BCUT2D eigenvalue weighted by Gasteiger charge is 2.44. The van der Waals surface area contributed by atoms with Crippen LogP contribution < -0.4 is 64.2 Å². The van der Waals surface area contributed by atoms with Crippen molar-refractivity contribution in [2.45, 2.75) is 336 Å². The van der Waals surface area contributed by atoms with Gasteiger partial charge in [0.25, 0.3) is 0 Å². The van der Waals surface area contributed by atoms with Gasteiger partial charge in [-0.15, -0.1) is 0 Å². The van der Waals surface area contributed by atoms with Gasteiger partial charge in [-0.2, -0.15) is 0 Å². The van der Waals surface area contributed by atoms with E-state index in [1.807, 2.05) is 102 Å². The molecule has 13 atom stereocenters. The van der Waals surface area contributed by atoms with Gasteiger partial charge in [0, 0.05) is 25.5 Å². The number of aromatic nitrogens is 2. The maximum absolute atomic E-state index is 15.4. The largest absolute Gasteiger partial charge is 0.480 e. The molecule has 5 aromatic rings. The van der Waals surface area contributed by atoms with Gasteiger partial charge in [-0.3, -0.25) is 62.3 Å². The van der Waals surface area contributed by atoms with Gasteiger partial charge in [-0.05, 0) is 201 Å². The summed E-state index contributed by atoms with van der Waals surface area (Å²) >= 11 is 0. The summed E-state index contributed by atoms with van der Waals surface area (Å²) in [6.45, 7) is 39.8. The SMILES string of the molecule is CC(C)[C@H](NC(=O)[C@H](CC(=O)OC(C)(C)C)NC(=O)[C@H](COC(C)(C)C)NC(=O)[C@@H](NC(=O)[C@H](Cc1ccccc1)NC(=O)[C@@H](NC(=O)CNC(=O)[C@H](CCC(=O)OC(C)(C)C)NC(=O)[C@H](C)NC(=O)[C@@H](N)Cc1cn(C(c2ccccc2)(c2ccccc2)c2ccccc2)cn1)[C@@H](C)OC(C)(C)C)[C@@H](C)OC(C)(C)C)C(=O)N[C@@H](COC(C)(C)C)C(=O)N[C@@H](COC(C)(C)C)C(=O)O. The van der Waals surface area contributed by atoms with E-state index in [1.54, 1.807) is 196 Å². The molecule has 0 bridgehead atoms. The summed E-state index contributed by atoms with van der Waals surface area (Å²) in [7, 11) is 0. The molecule has 0 spiro atoms. The number of rotatable bonds is 47. The third-order valence-electron chi connectivity index (χ3n) is 19.9. The van der Waals surface area contributed by atoms with Crippen LogP contribution in [0.4, 0.5) is 0 Å². The van der Waals surface area contributed by atoms with Crippen molar-refractivity contribution in [1.29, 1.82) is 0 Å². The molecule has 4 aromatic carbocycles. The summed E-state index contributed by atoms with van der Waals surface area (Å²) in [5.74, 6) is -14.8. The van der Waals surface area contributed by atoms with Crippen LogP contribution in [0.1, 0.15) is 227 Å². The van der Waals surface area contributed by atoms with Crippen LogP contribution in [0.2, 0.25) is 0 Å². The number of carboxylic acid groups (broad SMARTS) is 1. The second-order valence-corrected chi connectivity index (χ2v) is 40.6. The van der Waals surface area contributed by atoms with Gasteiger partial charge < -0.3 is 107 Å². The number of imidazole rings is 1. The van der Waals surface area contributed by atoms with Crippen LogP contribution in [0.15, 0.2) is 134 Å². The quantitative estimate of drug-likeness (QED) is 0.0151. The predicted molar refractivity (Wildman–Crippen MR) is 502 cm³/mol. The number of nitrogens with zero attached hydrogens (tertiary/aromatic N) is 2. The van der Waals surface area contributed by atoms with Gasteiger partial charge >= 0.3 is 17.9 Å². The normalized spacial score (nSPS) is 15.2. The molecule has 0 aliphatic rings. The number of nitrogens with two attached hydrogens (primary N) is 1. The first kappa shape index (κ1) is 113. The van der Waals surface area contributed by atoms with Crippen molar-refractivity contribution in [3.05, 3.63) is 162 Å². The van der Waals surface area contributed by atoms with E-state index in [0.29, 0.717) is 11.3 Å². The summed E-state index contributed by atoms with van der Waals surface area (Å²) in [6, 6.07) is 20.5. The third kappa shape index (κ3) is 39.2. The van der Waals surface area contributed by atoms with Crippen LogP contribution in [-0.2, 0) is 119 Å². The number of esters is 2. The number of hydrogen-bond donors (Lipinski definition) is 13. The lowest BCUT2D eigenvalue weighted by molar-refractivity contribution is -0.157. The second-order valence-electron chi connectivity index (χ2n) is 40.6. The highest BCUT2D eigenvalue weighted by molar-refractivity contribution is 6.00. The minimum atomic E-state index is -1.89. The van der Waals surface area contributed by atoms with Crippen LogP contribution in [0.5, 0.6) is 0 Å². The predicted octanol–water partition coefficient (Wildman–Crippen LogP) is 6.27. The summed E-state index contributed by atoms with van der Waals surface area (Å²) in [4.78, 5) is 206. The van der Waals surface area contributed by atoms with Crippen molar-refractivity contribution in [2.75, 3.05) is 26.4 Å². The molecule has 14 N–H and O–H groups in total. The fourth-order valence-corrected chi connectivity index (χ4v) is 13.9. The molecular formula is C98H146N14O22. The van der Waals surface area contributed by atoms with E-state index in [2.05, 4.69) is 58.5 Å². The maximum atomic E-state index is 15.4. The Labute approximate surface area is 787 Å². The first-order valence-electron chi connectivity index (χ1n) is 45.2. The summed E-state index contributed by atoms with van der Waals surface area (Å²) < 4.78 is 43.4. The van der Waals surface area contributed by atoms with E-state index in [9.17, 15) is 53.1 Å². The molecule has 36 nitrogen and oxygen atoms in total. The minimum absolute atomic E-state index is 0.0680. The Balaban J connectivity index is 1.43. The van der Waals surface area contributed by atoms with Crippen molar-refractivity contribution < 1.29 is 105 Å². The van der Waals surface area contributed by atoms with Gasteiger partial charge in [0.15, 0.2) is 6.04 Å². The maximum Gasteiger partial charge on any atom is 0.328 e. The number of benzene rings is 4. The van der Waals surface area contributed by atoms with Crippen molar-refractivity contribution in [3.63, 3.8) is 0 Å². The molecule has 1 aromatic heterocycles. The number of hydrogen-bond acceptors (Lipinski definition) is 23. The summed E-state index contributed by atoms with van der Waals surface area (Å²) in [6.07, 6.45) is -0.966. The lowest BCUT2D eigenvalue weighted by Crippen LogP contribution is -2.64. The molecule has 0 radical (unpaired) electrons. The van der Waals surface area contributed by atoms with Crippen LogP contribution >= 0.6 is 0 Å². The van der Waals surface area contributed by atoms with Gasteiger partial charge in [0.1, 0.15) is 71.1 Å². The summed E-state index contributed by atoms with van der Waals surface area (Å²) in [5, 5.41) is 38.6. The minimum Gasteiger partial charge on any atom is -0.480 e. The van der Waals surface area contributed by atoms with Crippen molar-refractivity contribution in [1.82, 2.24) is 68.0 Å². The molecule has 0 saturated heterocycles. The molecule has 36 heteroatoms. The Morgan fingerprint density at radius 2 is 0.754 bits per heavy atom. The van der Waals surface area contributed by atoms with Crippen molar-refractivity contribution in [3.8, 4) is 0 Å². The first-order valence-corrected chi connectivity index (χ1v) is 45.2. The highest BCUT2D eigenvalue weighted by Crippen LogP contribution is 2.41. The number of carbonyl (C=O) groups is 14. The third-order valence-corrected chi connectivity index (χ3v) is 19.9. The Morgan fingerprint density at radius 3 is 1.18 bits per heavy atom. The monoisotopic (exact) mass is 1870 g/mol. The standard InChI is InChI=1S/C98H146N14O22/c1-58(2)77(87(123)106-72(55-129-92(9,10)11)86(122)108-73(90(126)127)56-130-93(12,13)14)110-84(120)70(51-76(115)134-97(24,25)26)104-85(121)71(54-128-91(6,7)8)107-89(125)79(61(5)132-95(18,19)20)111-83(119)69(49-62-39-31-27-32-40-62)105-88(124)78(60(4)131-94(15,16)17)109-74(113)52-100-82(118)68(47-48-75(114)133-96(21,22)23)103-80(116)59(3)102-81(117)67(99)50-66-53-112(57-101-66)98(63-41-33-28-34-42-63,64-43-35-29-36-44-64)65-45-37-30-38-46-65/h27-46,53,57-61,67-73,77-79H,47-52,54-56,99H2,1-26H3,(H,100,118)(H,102,117)(H,103,116)(H,104,121)(H,105,124)(H,106,123)(H,107,125)(H,108,122)(H,109,113)(H,110,120)(H,111,119)(H,126,127)/t59-,60+,61+,67-,68-,69-,70-,71-,72-,73-,77-,78-,79-/m0/s1. The van der Waals surface area contributed by atoms with Crippen molar-refractivity contribution >= 4 is 82.9 Å². The average Bonchev–Trinajstić information content (AvgIpc) is 1.42. The van der Waals surface area contributed by atoms with Gasteiger partial charge in [-0.1, -0.05) is 135 Å². The van der Waals surface area contributed by atoms with E-state index in [0.717, 1.165) is 16.7 Å². The molecule has 11 amide bonds. The average molecular weight is 1870 g/mol. The molecule has 0 fully saturated rings. The zero-order valence-electron chi connectivity index (χ0n) is 82.6. The Morgan fingerprint density at radius 1 is 0.381 bits per heavy atom. The summed E-state index contributed by atoms with van der Waals surface area (Å²) in [5.41, 5.74) is 2.60. The molecule has 0 aliphatic carbocycles. The zero-order chi connectivity index (χ0) is 101. The molecule has 0 saturated carbocycles. The Hall–Kier alpha value is -11.6. The van der Waals surface area contributed by atoms with Gasteiger partial charge in [-0.25, -0.2) is 9.78 Å². The number of amides is 11. The van der Waals surface area contributed by atoms with Crippen molar-refractivity contribution in [2.24, 2.45) is 11.7 Å². The van der Waals surface area contributed by atoms with Crippen LogP contribution in [0.25, 0.3) is 0 Å². The molecule has 0 aliphatic heterocycles. The second kappa shape index (κ2) is 49.6. The zero-order valence-corrected chi connectivity index (χ0v) is 82.6. The molecule has 0 unspecified atom stereocenters. The molecule has 5 rings (SSSR count). The number of nitrogens with one attached hydrogen (secondary N) is 11. The molecule has 740 valence electrons. The van der Waals surface area contributed by atoms with Crippen LogP contribution in [0.3, 0.4) is 0 Å². The number of carboxylic acids is 1. The molecular weight excluding hydrogens is 1730 g/mol.